The highest BCUT2D eigenvalue weighted by molar-refractivity contribution is 5.65. The second-order valence-corrected chi connectivity index (χ2v) is 4.29. The Morgan fingerprint density at radius 3 is 2.27 bits per heavy atom. The van der Waals surface area contributed by atoms with Gasteiger partial charge in [-0.3, -0.25) is 0 Å². The van der Waals surface area contributed by atoms with Gasteiger partial charge in [0, 0.05) is 0 Å². The predicted molar refractivity (Wildman–Crippen MR) is 68.9 cm³/mol. The summed E-state index contributed by atoms with van der Waals surface area (Å²) in [6.45, 7) is 10.9. The van der Waals surface area contributed by atoms with E-state index in [4.69, 9.17) is 0 Å². The molecule has 1 atom stereocenters. The van der Waals surface area contributed by atoms with E-state index in [0.717, 1.165) is 0 Å². The molecule has 0 saturated heterocycles. The van der Waals surface area contributed by atoms with E-state index in [1.54, 1.807) is 0 Å². The van der Waals surface area contributed by atoms with Gasteiger partial charge >= 0.3 is 0 Å². The van der Waals surface area contributed by atoms with Gasteiger partial charge < -0.3 is 0 Å². The maximum Gasteiger partial charge on any atom is -0.0165 e. The average Bonchev–Trinajstić information content (AvgIpc) is 2.26. The number of allylic oxidation sites excluding steroid dienone is 1. The van der Waals surface area contributed by atoms with Crippen LogP contribution in [0.15, 0.2) is 30.8 Å². The topological polar surface area (TPSA) is 0 Å². The quantitative estimate of drug-likeness (QED) is 0.641. The zero-order chi connectivity index (χ0) is 11.3. The van der Waals surface area contributed by atoms with E-state index >= 15 is 0 Å². The van der Waals surface area contributed by atoms with Gasteiger partial charge in [0.25, 0.3) is 0 Å². The van der Waals surface area contributed by atoms with E-state index in [2.05, 4.69) is 51.6 Å². The molecule has 0 amide bonds. The highest BCUT2D eigenvalue weighted by Gasteiger charge is 2.10. The van der Waals surface area contributed by atoms with Crippen LogP contribution < -0.4 is 0 Å². The first-order chi connectivity index (χ1) is 7.19. The molecule has 0 aliphatic rings. The van der Waals surface area contributed by atoms with Gasteiger partial charge in [0.2, 0.25) is 0 Å². The molecule has 0 aliphatic heterocycles. The van der Waals surface area contributed by atoms with Crippen LogP contribution in [0.2, 0.25) is 0 Å². The van der Waals surface area contributed by atoms with Crippen molar-refractivity contribution >= 4 is 5.57 Å². The number of aryl methyl sites for hydroxylation is 1. The summed E-state index contributed by atoms with van der Waals surface area (Å²) in [5, 5.41) is 0. The molecule has 0 aromatic heterocycles. The maximum atomic E-state index is 4.24. The molecular weight excluding hydrogens is 180 g/mol. The molecule has 0 aliphatic carbocycles. The molecule has 1 rings (SSSR count). The molecule has 1 aromatic rings. The summed E-state index contributed by atoms with van der Waals surface area (Å²) in [4.78, 5) is 0. The lowest BCUT2D eigenvalue weighted by Gasteiger charge is -2.17. The largest absolute Gasteiger partial charge is 0.0950 e. The number of hydrogen-bond donors (Lipinski definition) is 0. The smallest absolute Gasteiger partial charge is 0.0165 e. The zero-order valence-electron chi connectivity index (χ0n) is 10.2. The molecule has 0 radical (unpaired) electrons. The molecule has 1 aromatic carbocycles. The lowest BCUT2D eigenvalue weighted by molar-refractivity contribution is 0.579. The minimum Gasteiger partial charge on any atom is -0.0950 e. The monoisotopic (exact) mass is 202 g/mol. The fourth-order valence-electron chi connectivity index (χ4n) is 1.98. The molecule has 0 saturated carbocycles. The van der Waals surface area contributed by atoms with Crippen LogP contribution >= 0.6 is 0 Å². The third-order valence-electron chi connectivity index (χ3n) is 3.05. The van der Waals surface area contributed by atoms with Crippen molar-refractivity contribution in [2.75, 3.05) is 0 Å². The Hall–Kier alpha value is -1.04. The van der Waals surface area contributed by atoms with Crippen molar-refractivity contribution in [1.29, 1.82) is 0 Å². The van der Waals surface area contributed by atoms with Crippen molar-refractivity contribution < 1.29 is 0 Å². The van der Waals surface area contributed by atoms with E-state index in [1.807, 2.05) is 0 Å². The zero-order valence-corrected chi connectivity index (χ0v) is 10.2. The van der Waals surface area contributed by atoms with Crippen LogP contribution in [0.3, 0.4) is 0 Å². The van der Waals surface area contributed by atoms with Gasteiger partial charge in [0.15, 0.2) is 0 Å². The van der Waals surface area contributed by atoms with Gasteiger partial charge in [-0.15, -0.1) is 0 Å². The molecule has 0 heterocycles. The Balaban J connectivity index is 2.78. The summed E-state index contributed by atoms with van der Waals surface area (Å²) in [6, 6.07) is 8.71. The van der Waals surface area contributed by atoms with E-state index in [-0.39, 0.29) is 0 Å². The first-order valence-electron chi connectivity index (χ1n) is 5.94. The molecule has 0 spiro atoms. The molecule has 0 N–H and O–H groups in total. The van der Waals surface area contributed by atoms with Crippen LogP contribution in [0.1, 0.15) is 44.2 Å². The normalized spacial score (nSPS) is 12.5. The van der Waals surface area contributed by atoms with Gasteiger partial charge in [-0.25, -0.2) is 0 Å². The molecule has 0 fully saturated rings. The summed E-state index contributed by atoms with van der Waals surface area (Å²) in [7, 11) is 0. The van der Waals surface area contributed by atoms with E-state index in [0.29, 0.717) is 5.92 Å². The SMILES string of the molecule is C=C(c1ccc(C)cc1)C(CC)CCC. The molecule has 1 unspecified atom stereocenters. The van der Waals surface area contributed by atoms with Crippen LogP contribution in [0.4, 0.5) is 0 Å². The summed E-state index contributed by atoms with van der Waals surface area (Å²) in [5.74, 6) is 0.651. The Kier molecular flexibility index (Phi) is 4.61. The lowest BCUT2D eigenvalue weighted by atomic mass is 9.88. The van der Waals surface area contributed by atoms with Crippen molar-refractivity contribution in [2.45, 2.75) is 40.0 Å². The van der Waals surface area contributed by atoms with E-state index in [9.17, 15) is 0 Å². The highest BCUT2D eigenvalue weighted by atomic mass is 14.2. The Bertz CT molecular complexity index is 305. The van der Waals surface area contributed by atoms with Gasteiger partial charge in [0.05, 0.1) is 0 Å². The summed E-state index contributed by atoms with van der Waals surface area (Å²) in [5.41, 5.74) is 3.93. The van der Waals surface area contributed by atoms with Gasteiger partial charge in [-0.2, -0.15) is 0 Å². The summed E-state index contributed by atoms with van der Waals surface area (Å²) < 4.78 is 0. The van der Waals surface area contributed by atoms with E-state index in [1.165, 1.54) is 36.0 Å². The van der Waals surface area contributed by atoms with Crippen molar-refractivity contribution in [2.24, 2.45) is 5.92 Å². The van der Waals surface area contributed by atoms with Crippen molar-refractivity contribution in [3.05, 3.63) is 42.0 Å². The molecule has 82 valence electrons. The first kappa shape index (κ1) is 12.0. The van der Waals surface area contributed by atoms with Crippen molar-refractivity contribution in [3.8, 4) is 0 Å². The number of benzene rings is 1. The third-order valence-corrected chi connectivity index (χ3v) is 3.05. The standard InChI is InChI=1S/C15H22/c1-5-7-14(6-2)13(4)15-10-8-12(3)9-11-15/h8-11,14H,4-7H2,1-3H3. The van der Waals surface area contributed by atoms with Crippen molar-refractivity contribution in [1.82, 2.24) is 0 Å². The predicted octanol–water partition coefficient (Wildman–Crippen LogP) is 4.83. The van der Waals surface area contributed by atoms with Crippen LogP contribution in [0, 0.1) is 12.8 Å². The fraction of sp³-hybridized carbons (Fsp3) is 0.467. The van der Waals surface area contributed by atoms with Crippen LogP contribution in [-0.4, -0.2) is 0 Å². The molecule has 0 nitrogen and oxygen atoms in total. The van der Waals surface area contributed by atoms with Gasteiger partial charge in [0.1, 0.15) is 0 Å². The fourth-order valence-corrected chi connectivity index (χ4v) is 1.98. The Morgan fingerprint density at radius 1 is 1.20 bits per heavy atom. The summed E-state index contributed by atoms with van der Waals surface area (Å²) >= 11 is 0. The Labute approximate surface area is 94.0 Å². The van der Waals surface area contributed by atoms with Gasteiger partial charge in [-0.05, 0) is 36.8 Å². The Morgan fingerprint density at radius 2 is 1.80 bits per heavy atom. The van der Waals surface area contributed by atoms with Gasteiger partial charge in [-0.1, -0.05) is 56.7 Å². The average molecular weight is 202 g/mol. The second kappa shape index (κ2) is 5.75. The number of hydrogen-bond acceptors (Lipinski definition) is 0. The summed E-state index contributed by atoms with van der Waals surface area (Å²) in [6.07, 6.45) is 3.69. The molecule has 0 bridgehead atoms. The van der Waals surface area contributed by atoms with Crippen LogP contribution in [0.5, 0.6) is 0 Å². The second-order valence-electron chi connectivity index (χ2n) is 4.29. The molecule has 15 heavy (non-hydrogen) atoms. The third kappa shape index (κ3) is 3.23. The number of rotatable bonds is 5. The highest BCUT2D eigenvalue weighted by Crippen LogP contribution is 2.28. The van der Waals surface area contributed by atoms with E-state index < -0.39 is 0 Å². The molecule has 0 heteroatoms. The lowest BCUT2D eigenvalue weighted by Crippen LogP contribution is -2.01. The molecular formula is C15H22. The van der Waals surface area contributed by atoms with Crippen LogP contribution in [-0.2, 0) is 0 Å². The van der Waals surface area contributed by atoms with Crippen LogP contribution in [0.25, 0.3) is 5.57 Å². The minimum atomic E-state index is 0.651. The van der Waals surface area contributed by atoms with Crippen molar-refractivity contribution in [3.63, 3.8) is 0 Å². The minimum absolute atomic E-state index is 0.651. The first-order valence-corrected chi connectivity index (χ1v) is 5.94. The maximum absolute atomic E-state index is 4.24.